The minimum Gasteiger partial charge on any atom is -0.329 e. The predicted octanol–water partition coefficient (Wildman–Crippen LogP) is 3.62. The molecule has 3 rings (SSSR count). The molecule has 3 nitrogen and oxygen atoms in total. The first-order chi connectivity index (χ1) is 9.77. The third kappa shape index (κ3) is 2.41. The molecule has 1 atom stereocenters. The SMILES string of the molecule is CN(c1ccccc1)c1ncccc1[C@@H]1CCCN1C. The Morgan fingerprint density at radius 3 is 2.65 bits per heavy atom. The van der Waals surface area contributed by atoms with Crippen molar-refractivity contribution >= 4 is 11.5 Å². The molecule has 2 heterocycles. The van der Waals surface area contributed by atoms with E-state index in [1.54, 1.807) is 0 Å². The minimum absolute atomic E-state index is 0.491. The Morgan fingerprint density at radius 2 is 1.95 bits per heavy atom. The molecular weight excluding hydrogens is 246 g/mol. The molecule has 0 N–H and O–H groups in total. The monoisotopic (exact) mass is 267 g/mol. The lowest BCUT2D eigenvalue weighted by Gasteiger charge is -2.26. The van der Waals surface area contributed by atoms with Gasteiger partial charge in [-0.25, -0.2) is 4.98 Å². The maximum absolute atomic E-state index is 4.63. The van der Waals surface area contributed by atoms with E-state index in [0.29, 0.717) is 6.04 Å². The zero-order valence-corrected chi connectivity index (χ0v) is 12.2. The van der Waals surface area contributed by atoms with Crippen LogP contribution in [0.5, 0.6) is 0 Å². The molecule has 0 saturated carbocycles. The Hall–Kier alpha value is -1.87. The van der Waals surface area contributed by atoms with Gasteiger partial charge < -0.3 is 4.90 Å². The van der Waals surface area contributed by atoms with Crippen LogP contribution in [0.3, 0.4) is 0 Å². The van der Waals surface area contributed by atoms with Crippen LogP contribution in [-0.4, -0.2) is 30.5 Å². The van der Waals surface area contributed by atoms with Crippen LogP contribution in [0.2, 0.25) is 0 Å². The van der Waals surface area contributed by atoms with Gasteiger partial charge in [0.05, 0.1) is 0 Å². The number of nitrogens with zero attached hydrogens (tertiary/aromatic N) is 3. The standard InChI is InChI=1S/C17H21N3/c1-19-13-7-11-16(19)15-10-6-12-18-17(15)20(2)14-8-4-3-5-9-14/h3-6,8-10,12,16H,7,11,13H2,1-2H3/t16-/m0/s1. The highest BCUT2D eigenvalue weighted by Gasteiger charge is 2.26. The highest BCUT2D eigenvalue weighted by atomic mass is 15.2. The number of aromatic nitrogens is 1. The third-order valence-corrected chi connectivity index (χ3v) is 4.16. The van der Waals surface area contributed by atoms with Crippen molar-refractivity contribution in [1.82, 2.24) is 9.88 Å². The summed E-state index contributed by atoms with van der Waals surface area (Å²) in [6, 6.07) is 15.2. The van der Waals surface area contributed by atoms with Gasteiger partial charge >= 0.3 is 0 Å². The summed E-state index contributed by atoms with van der Waals surface area (Å²) >= 11 is 0. The summed E-state index contributed by atoms with van der Waals surface area (Å²) in [5.74, 6) is 1.07. The summed E-state index contributed by atoms with van der Waals surface area (Å²) in [7, 11) is 4.30. The van der Waals surface area contributed by atoms with Gasteiger partial charge in [0.1, 0.15) is 5.82 Å². The average Bonchev–Trinajstić information content (AvgIpc) is 2.93. The Bertz CT molecular complexity index is 567. The summed E-state index contributed by atoms with van der Waals surface area (Å²) in [6.45, 7) is 1.17. The van der Waals surface area contributed by atoms with Gasteiger partial charge in [0.15, 0.2) is 0 Å². The molecule has 1 aromatic carbocycles. The van der Waals surface area contributed by atoms with Crippen molar-refractivity contribution in [1.29, 1.82) is 0 Å². The van der Waals surface area contributed by atoms with Gasteiger partial charge in [-0.15, -0.1) is 0 Å². The number of hydrogen-bond donors (Lipinski definition) is 0. The first-order valence-corrected chi connectivity index (χ1v) is 7.21. The Morgan fingerprint density at radius 1 is 1.15 bits per heavy atom. The summed E-state index contributed by atoms with van der Waals surface area (Å²) in [5, 5.41) is 0. The third-order valence-electron chi connectivity index (χ3n) is 4.16. The van der Waals surface area contributed by atoms with Crippen molar-refractivity contribution in [3.63, 3.8) is 0 Å². The number of pyridine rings is 1. The molecule has 1 saturated heterocycles. The summed E-state index contributed by atoms with van der Waals surface area (Å²) in [5.41, 5.74) is 2.51. The van der Waals surface area contributed by atoms with Crippen molar-refractivity contribution in [2.75, 3.05) is 25.5 Å². The molecular formula is C17H21N3. The van der Waals surface area contributed by atoms with Crippen LogP contribution >= 0.6 is 0 Å². The largest absolute Gasteiger partial charge is 0.329 e. The predicted molar refractivity (Wildman–Crippen MR) is 83.3 cm³/mol. The summed E-state index contributed by atoms with van der Waals surface area (Å²) in [6.07, 6.45) is 4.37. The number of benzene rings is 1. The molecule has 0 bridgehead atoms. The van der Waals surface area contributed by atoms with Gasteiger partial charge in [-0.3, -0.25) is 4.90 Å². The Balaban J connectivity index is 1.97. The molecule has 0 spiro atoms. The second kappa shape index (κ2) is 5.63. The van der Waals surface area contributed by atoms with Crippen LogP contribution in [0.15, 0.2) is 48.7 Å². The molecule has 1 aliphatic rings. The van der Waals surface area contributed by atoms with E-state index < -0.39 is 0 Å². The fourth-order valence-corrected chi connectivity index (χ4v) is 3.03. The van der Waals surface area contributed by atoms with E-state index in [2.05, 4.69) is 59.2 Å². The van der Waals surface area contributed by atoms with Crippen molar-refractivity contribution < 1.29 is 0 Å². The molecule has 2 aromatic rings. The molecule has 104 valence electrons. The van der Waals surface area contributed by atoms with Gasteiger partial charge in [-0.05, 0) is 44.6 Å². The van der Waals surface area contributed by atoms with Gasteiger partial charge in [0.2, 0.25) is 0 Å². The lowest BCUT2D eigenvalue weighted by molar-refractivity contribution is 0.317. The van der Waals surface area contributed by atoms with Gasteiger partial charge in [-0.2, -0.15) is 0 Å². The normalized spacial score (nSPS) is 19.2. The van der Waals surface area contributed by atoms with Crippen LogP contribution in [-0.2, 0) is 0 Å². The van der Waals surface area contributed by atoms with Gasteiger partial charge in [-0.1, -0.05) is 24.3 Å². The molecule has 3 heteroatoms. The van der Waals surface area contributed by atoms with E-state index >= 15 is 0 Å². The molecule has 1 fully saturated rings. The molecule has 20 heavy (non-hydrogen) atoms. The lowest BCUT2D eigenvalue weighted by Crippen LogP contribution is -2.21. The molecule has 0 amide bonds. The van der Waals surface area contributed by atoms with Crippen molar-refractivity contribution in [2.24, 2.45) is 0 Å². The first-order valence-electron chi connectivity index (χ1n) is 7.21. The molecule has 1 aliphatic heterocycles. The van der Waals surface area contributed by atoms with E-state index in [0.717, 1.165) is 5.82 Å². The van der Waals surface area contributed by atoms with Gasteiger partial charge in [0, 0.05) is 30.5 Å². The lowest BCUT2D eigenvalue weighted by atomic mass is 10.0. The average molecular weight is 267 g/mol. The van der Waals surface area contributed by atoms with Crippen molar-refractivity contribution in [3.8, 4) is 0 Å². The van der Waals surface area contributed by atoms with E-state index in [1.165, 1.54) is 30.6 Å². The summed E-state index contributed by atoms with van der Waals surface area (Å²) < 4.78 is 0. The number of para-hydroxylation sites is 1. The number of rotatable bonds is 3. The summed E-state index contributed by atoms with van der Waals surface area (Å²) in [4.78, 5) is 9.25. The zero-order valence-electron chi connectivity index (χ0n) is 12.2. The van der Waals surface area contributed by atoms with Crippen molar-refractivity contribution in [3.05, 3.63) is 54.2 Å². The number of hydrogen-bond acceptors (Lipinski definition) is 3. The second-order valence-corrected chi connectivity index (χ2v) is 5.45. The van der Waals surface area contributed by atoms with E-state index in [4.69, 9.17) is 0 Å². The van der Waals surface area contributed by atoms with Crippen LogP contribution in [0.4, 0.5) is 11.5 Å². The second-order valence-electron chi connectivity index (χ2n) is 5.45. The van der Waals surface area contributed by atoms with Crippen molar-refractivity contribution in [2.45, 2.75) is 18.9 Å². The quantitative estimate of drug-likeness (QED) is 0.846. The zero-order chi connectivity index (χ0) is 13.9. The highest BCUT2D eigenvalue weighted by molar-refractivity contribution is 5.62. The van der Waals surface area contributed by atoms with Crippen LogP contribution in [0, 0.1) is 0 Å². The Labute approximate surface area is 120 Å². The van der Waals surface area contributed by atoms with Crippen LogP contribution in [0.25, 0.3) is 0 Å². The van der Waals surface area contributed by atoms with Crippen LogP contribution < -0.4 is 4.90 Å². The number of likely N-dealkylation sites (tertiary alicyclic amines) is 1. The maximum Gasteiger partial charge on any atom is 0.137 e. The number of anilines is 2. The highest BCUT2D eigenvalue weighted by Crippen LogP contribution is 2.36. The molecule has 0 unspecified atom stereocenters. The minimum atomic E-state index is 0.491. The first kappa shape index (κ1) is 13.1. The molecule has 0 aliphatic carbocycles. The smallest absolute Gasteiger partial charge is 0.137 e. The van der Waals surface area contributed by atoms with E-state index in [-0.39, 0.29) is 0 Å². The van der Waals surface area contributed by atoms with Gasteiger partial charge in [0.25, 0.3) is 0 Å². The molecule has 1 aromatic heterocycles. The topological polar surface area (TPSA) is 19.4 Å². The fourth-order valence-electron chi connectivity index (χ4n) is 3.03. The molecule has 0 radical (unpaired) electrons. The van der Waals surface area contributed by atoms with E-state index in [9.17, 15) is 0 Å². The Kier molecular flexibility index (Phi) is 3.70. The van der Waals surface area contributed by atoms with E-state index in [1.807, 2.05) is 18.3 Å². The van der Waals surface area contributed by atoms with Crippen LogP contribution in [0.1, 0.15) is 24.4 Å². The fraction of sp³-hybridized carbons (Fsp3) is 0.353. The maximum atomic E-state index is 4.63.